The van der Waals surface area contributed by atoms with E-state index < -0.39 is 17.0 Å². The van der Waals surface area contributed by atoms with E-state index in [1.165, 1.54) is 22.0 Å². The zero-order chi connectivity index (χ0) is 20.4. The van der Waals surface area contributed by atoms with Crippen molar-refractivity contribution in [2.45, 2.75) is 6.42 Å². The van der Waals surface area contributed by atoms with E-state index in [1.807, 2.05) is 32.3 Å². The monoisotopic (exact) mass is 466 g/mol. The predicted octanol–water partition coefficient (Wildman–Crippen LogP) is 4.68. The van der Waals surface area contributed by atoms with Crippen LogP contribution >= 0.6 is 27.2 Å². The van der Waals surface area contributed by atoms with Gasteiger partial charge in [-0.1, -0.05) is 63.2 Å². The first-order valence-corrected chi connectivity index (χ1v) is 14.0. The summed E-state index contributed by atoms with van der Waals surface area (Å²) in [5, 5.41) is 12.6. The van der Waals surface area contributed by atoms with Crippen molar-refractivity contribution in [1.29, 1.82) is 0 Å². The molecule has 28 heavy (non-hydrogen) atoms. The molecule has 1 unspecified atom stereocenters. The van der Waals surface area contributed by atoms with Crippen LogP contribution in [0.1, 0.15) is 16.7 Å². The fraction of sp³-hybridized carbons (Fsp3) is 0.136. The van der Waals surface area contributed by atoms with Crippen LogP contribution in [-0.4, -0.2) is 30.0 Å². The van der Waals surface area contributed by atoms with Crippen molar-refractivity contribution in [2.24, 2.45) is 0 Å². The van der Waals surface area contributed by atoms with Crippen LogP contribution in [0.5, 0.6) is 5.75 Å². The van der Waals surface area contributed by atoms with Gasteiger partial charge in [-0.3, -0.25) is 0 Å². The molecule has 1 atom stereocenters. The Morgan fingerprint density at radius 3 is 2.21 bits per heavy atom. The number of aromatic hydroxyl groups is 1. The molecule has 0 aliphatic carbocycles. The number of phenolic OH excluding ortho intramolecular Hbond substituents is 1. The average Bonchev–Trinajstić information content (AvgIpc) is 2.67. The molecule has 0 aromatic heterocycles. The maximum absolute atomic E-state index is 10.3. The van der Waals surface area contributed by atoms with E-state index in [9.17, 15) is 5.11 Å². The summed E-state index contributed by atoms with van der Waals surface area (Å²) in [5.74, 6) is 0.370. The van der Waals surface area contributed by atoms with Crippen LogP contribution in [0.3, 0.4) is 0 Å². The Morgan fingerprint density at radius 2 is 1.54 bits per heavy atom. The van der Waals surface area contributed by atoms with Crippen molar-refractivity contribution < 1.29 is 26.7 Å². The van der Waals surface area contributed by atoms with E-state index in [0.29, 0.717) is 14.3 Å². The third-order valence-electron chi connectivity index (χ3n) is 3.94. The van der Waals surface area contributed by atoms with Crippen LogP contribution in [0.4, 0.5) is 0 Å². The molecule has 1 N–H and O–H groups in total. The first-order chi connectivity index (χ1) is 13.5. The second-order valence-corrected chi connectivity index (χ2v) is 10.3. The minimum atomic E-state index is -0.556. The molecule has 3 aromatic carbocycles. The van der Waals surface area contributed by atoms with Crippen LogP contribution in [0, 0.1) is 0 Å². The SMILES string of the molecule is C[N+](C)=Cc1ccccc1Pc1cc(Cc2ccccc2)ccc1O.[Cl][Ti][Cl]. The van der Waals surface area contributed by atoms with E-state index >= 15 is 0 Å². The Kier molecular flexibility index (Phi) is 10.3. The maximum atomic E-state index is 10.3. The van der Waals surface area contributed by atoms with Gasteiger partial charge in [0.15, 0.2) is 6.21 Å². The molecule has 0 spiro atoms. The van der Waals surface area contributed by atoms with Crippen LogP contribution in [0.15, 0.2) is 72.8 Å². The Balaban J connectivity index is 0.000000878. The summed E-state index contributed by atoms with van der Waals surface area (Å²) >= 11 is -0.556. The molecule has 0 fully saturated rings. The molecule has 144 valence electrons. The fourth-order valence-corrected chi connectivity index (χ4v) is 4.00. The topological polar surface area (TPSA) is 23.2 Å². The van der Waals surface area contributed by atoms with Gasteiger partial charge >= 0.3 is 35.6 Å². The van der Waals surface area contributed by atoms with E-state index in [0.717, 1.165) is 11.7 Å². The van der Waals surface area contributed by atoms with E-state index in [2.05, 4.69) is 65.4 Å². The van der Waals surface area contributed by atoms with Crippen molar-refractivity contribution >= 4 is 44.0 Å². The molecule has 3 aromatic rings. The van der Waals surface area contributed by atoms with Gasteiger partial charge in [-0.05, 0) is 41.1 Å². The number of rotatable bonds is 5. The molecule has 0 saturated heterocycles. The first-order valence-electron chi connectivity index (χ1n) is 8.73. The van der Waals surface area contributed by atoms with Crippen LogP contribution in [0.2, 0.25) is 0 Å². The number of nitrogens with zero attached hydrogens (tertiary/aromatic N) is 1. The van der Waals surface area contributed by atoms with Gasteiger partial charge < -0.3 is 5.11 Å². The van der Waals surface area contributed by atoms with Gasteiger partial charge in [-0.2, -0.15) is 0 Å². The van der Waals surface area contributed by atoms with E-state index in [1.54, 1.807) is 0 Å². The Morgan fingerprint density at radius 1 is 0.893 bits per heavy atom. The molecule has 0 heterocycles. The van der Waals surface area contributed by atoms with Crippen molar-refractivity contribution in [3.8, 4) is 5.75 Å². The van der Waals surface area contributed by atoms with E-state index in [4.69, 9.17) is 18.6 Å². The molecule has 2 nitrogen and oxygen atoms in total. The molecule has 0 radical (unpaired) electrons. The van der Waals surface area contributed by atoms with Crippen LogP contribution in [-0.2, 0) is 23.5 Å². The summed E-state index contributed by atoms with van der Waals surface area (Å²) in [7, 11) is 14.3. The summed E-state index contributed by atoms with van der Waals surface area (Å²) in [6.45, 7) is 0. The Labute approximate surface area is 185 Å². The summed E-state index contributed by atoms with van der Waals surface area (Å²) in [5.41, 5.74) is 3.70. The van der Waals surface area contributed by atoms with Gasteiger partial charge in [0, 0.05) is 10.9 Å². The fourth-order valence-electron chi connectivity index (χ4n) is 2.77. The number of halogens is 2. The first kappa shape index (κ1) is 23.1. The average molecular weight is 467 g/mol. The second kappa shape index (κ2) is 12.4. The van der Waals surface area contributed by atoms with Gasteiger partial charge in [-0.15, -0.1) is 0 Å². The van der Waals surface area contributed by atoms with Crippen molar-refractivity contribution in [3.05, 3.63) is 89.5 Å². The molecule has 6 heteroatoms. The van der Waals surface area contributed by atoms with Gasteiger partial charge in [0.05, 0.1) is 0 Å². The molecule has 0 aliphatic rings. The third kappa shape index (κ3) is 7.70. The molecule has 0 amide bonds. The summed E-state index contributed by atoms with van der Waals surface area (Å²) in [6, 6.07) is 24.7. The number of benzene rings is 3. The molecular formula is C22H23Cl2NOPTi+. The number of hydrogen-bond acceptors (Lipinski definition) is 1. The van der Waals surface area contributed by atoms with E-state index in [-0.39, 0.29) is 0 Å². The third-order valence-corrected chi connectivity index (χ3v) is 5.33. The Bertz CT molecular complexity index is 915. The summed E-state index contributed by atoms with van der Waals surface area (Å²) < 4.78 is 2.05. The minimum absolute atomic E-state index is 0.370. The molecule has 0 saturated carbocycles. The second-order valence-electron chi connectivity index (χ2n) is 6.39. The molecule has 0 bridgehead atoms. The predicted molar refractivity (Wildman–Crippen MR) is 120 cm³/mol. The zero-order valence-electron chi connectivity index (χ0n) is 15.9. The summed E-state index contributed by atoms with van der Waals surface area (Å²) in [4.78, 5) is 0. The van der Waals surface area contributed by atoms with Gasteiger partial charge in [0.25, 0.3) is 0 Å². The van der Waals surface area contributed by atoms with Crippen LogP contribution in [0.25, 0.3) is 0 Å². The quantitative estimate of drug-likeness (QED) is 0.251. The number of phenols is 1. The van der Waals surface area contributed by atoms with Gasteiger partial charge in [0.1, 0.15) is 19.8 Å². The van der Waals surface area contributed by atoms with Crippen LogP contribution < -0.4 is 10.6 Å². The van der Waals surface area contributed by atoms with Gasteiger partial charge in [0.2, 0.25) is 0 Å². The van der Waals surface area contributed by atoms with Crippen molar-refractivity contribution in [1.82, 2.24) is 0 Å². The number of hydrogen-bond donors (Lipinski definition) is 1. The van der Waals surface area contributed by atoms with Crippen molar-refractivity contribution in [3.63, 3.8) is 0 Å². The van der Waals surface area contributed by atoms with Crippen molar-refractivity contribution in [2.75, 3.05) is 14.1 Å². The normalized spacial score (nSPS) is 10.3. The Hall–Kier alpha value is -1.15. The standard InChI is InChI=1S/C22H22NOP.2ClH.Ti/c1-23(2)16-19-10-6-7-11-21(19)25-22-15-18(12-13-20(22)24)14-17-8-4-3-5-9-17;;;/h3-13,15-16,25H,14H2,1-2H3;2*1H;/q;;;+2/p-1. The molecule has 0 aliphatic heterocycles. The molecule has 3 rings (SSSR count). The summed E-state index contributed by atoms with van der Waals surface area (Å²) in [6.07, 6.45) is 3.00. The van der Waals surface area contributed by atoms with Gasteiger partial charge in [-0.25, -0.2) is 4.58 Å². The molecular weight excluding hydrogens is 444 g/mol. The zero-order valence-corrected chi connectivity index (χ0v) is 19.9.